The molecule has 3 aromatic rings. The molecule has 1 aromatic carbocycles. The second kappa shape index (κ2) is 7.57. The zero-order valence-electron chi connectivity index (χ0n) is 14.7. The zero-order valence-corrected chi connectivity index (χ0v) is 16.3. The first-order valence-corrected chi connectivity index (χ1v) is 9.67. The third-order valence-electron chi connectivity index (χ3n) is 3.87. The Morgan fingerprint density at radius 2 is 2.07 bits per heavy atom. The third kappa shape index (κ3) is 4.06. The average molecular weight is 406 g/mol. The number of nitro groups is 1. The molecule has 0 aliphatic carbocycles. The molecule has 2 heterocycles. The number of aromatic nitrogens is 2. The van der Waals surface area contributed by atoms with Crippen LogP contribution in [0, 0.1) is 36.7 Å². The molecular formula is C17H15FN4O3S2. The van der Waals surface area contributed by atoms with Crippen LogP contribution in [0.2, 0.25) is 0 Å². The van der Waals surface area contributed by atoms with Crippen LogP contribution in [0.25, 0.3) is 10.2 Å². The molecule has 0 bridgehead atoms. The lowest BCUT2D eigenvalue weighted by atomic mass is 10.2. The van der Waals surface area contributed by atoms with Crippen LogP contribution in [0.3, 0.4) is 0 Å². The number of benzene rings is 1. The van der Waals surface area contributed by atoms with Gasteiger partial charge in [-0.3, -0.25) is 14.9 Å². The number of nitrogens with one attached hydrogen (secondary N) is 1. The molecule has 0 aliphatic rings. The van der Waals surface area contributed by atoms with Crippen LogP contribution in [-0.4, -0.2) is 26.6 Å². The molecule has 1 N–H and O–H groups in total. The predicted molar refractivity (Wildman–Crippen MR) is 104 cm³/mol. The van der Waals surface area contributed by atoms with Crippen LogP contribution in [0.5, 0.6) is 0 Å². The summed E-state index contributed by atoms with van der Waals surface area (Å²) in [6.07, 6.45) is 0. The van der Waals surface area contributed by atoms with Gasteiger partial charge in [0.25, 0.3) is 0 Å². The van der Waals surface area contributed by atoms with Crippen molar-refractivity contribution in [3.63, 3.8) is 0 Å². The number of nitro benzene ring substituents is 1. The summed E-state index contributed by atoms with van der Waals surface area (Å²) in [5.41, 5.74) is 0.574. The Balaban J connectivity index is 1.76. The first-order chi connectivity index (χ1) is 12.8. The second-order valence-corrected chi connectivity index (χ2v) is 7.97. The maximum absolute atomic E-state index is 13.4. The highest BCUT2D eigenvalue weighted by molar-refractivity contribution is 8.00. The molecule has 0 aliphatic heterocycles. The fourth-order valence-electron chi connectivity index (χ4n) is 2.48. The maximum Gasteiger partial charge on any atom is 0.306 e. The topological polar surface area (TPSA) is 98.0 Å². The molecule has 0 radical (unpaired) electrons. The number of fused-ring (bicyclic) bond motifs is 1. The monoisotopic (exact) mass is 406 g/mol. The number of rotatable bonds is 5. The Bertz CT molecular complexity index is 1070. The highest BCUT2D eigenvalue weighted by atomic mass is 32.2. The number of nitrogens with zero attached hydrogens (tertiary/aromatic N) is 3. The molecule has 0 unspecified atom stereocenters. The molecule has 2 aromatic heterocycles. The van der Waals surface area contributed by atoms with Gasteiger partial charge in [-0.1, -0.05) is 11.8 Å². The molecule has 1 amide bonds. The third-order valence-corrected chi connectivity index (χ3v) is 5.95. The van der Waals surface area contributed by atoms with Crippen LogP contribution in [0.15, 0.2) is 23.2 Å². The van der Waals surface area contributed by atoms with Gasteiger partial charge in [-0.25, -0.2) is 9.97 Å². The summed E-state index contributed by atoms with van der Waals surface area (Å²) in [4.78, 5) is 33.1. The molecule has 140 valence electrons. The Kier molecular flexibility index (Phi) is 5.38. The predicted octanol–water partition coefficient (Wildman–Crippen LogP) is 4.39. The number of amides is 1. The van der Waals surface area contributed by atoms with Crippen molar-refractivity contribution in [2.24, 2.45) is 0 Å². The highest BCUT2D eigenvalue weighted by Crippen LogP contribution is 2.35. The number of halogens is 1. The van der Waals surface area contributed by atoms with Crippen molar-refractivity contribution in [3.8, 4) is 0 Å². The molecule has 27 heavy (non-hydrogen) atoms. The van der Waals surface area contributed by atoms with Gasteiger partial charge in [0.2, 0.25) is 11.7 Å². The average Bonchev–Trinajstić information content (AvgIpc) is 2.88. The van der Waals surface area contributed by atoms with Crippen molar-refractivity contribution in [1.82, 2.24) is 9.97 Å². The molecule has 0 saturated carbocycles. The SMILES string of the molecule is Cc1nc(SCC(=O)Nc2ccc(F)c([N+](=O)[O-])c2)c2c(C)c(C)sc2n1. The summed E-state index contributed by atoms with van der Waals surface area (Å²) in [6.45, 7) is 5.81. The molecule has 10 heteroatoms. The zero-order chi connectivity index (χ0) is 19.7. The second-order valence-electron chi connectivity index (χ2n) is 5.80. The molecule has 0 fully saturated rings. The van der Waals surface area contributed by atoms with Crippen LogP contribution in [-0.2, 0) is 4.79 Å². The molecule has 0 saturated heterocycles. The van der Waals surface area contributed by atoms with Crippen LogP contribution in [0.4, 0.5) is 15.8 Å². The minimum atomic E-state index is -0.950. The molecular weight excluding hydrogens is 391 g/mol. The van der Waals surface area contributed by atoms with Gasteiger partial charge in [0, 0.05) is 22.0 Å². The van der Waals surface area contributed by atoms with E-state index in [1.165, 1.54) is 17.8 Å². The lowest BCUT2D eigenvalue weighted by molar-refractivity contribution is -0.387. The Morgan fingerprint density at radius 3 is 2.78 bits per heavy atom. The van der Waals surface area contributed by atoms with E-state index in [1.807, 2.05) is 13.8 Å². The summed E-state index contributed by atoms with van der Waals surface area (Å²) < 4.78 is 13.4. The summed E-state index contributed by atoms with van der Waals surface area (Å²) in [5, 5.41) is 15.0. The highest BCUT2D eigenvalue weighted by Gasteiger charge is 2.17. The number of carbonyl (C=O) groups is 1. The van der Waals surface area contributed by atoms with Crippen LogP contribution < -0.4 is 5.32 Å². The van der Waals surface area contributed by atoms with Gasteiger partial charge in [0.05, 0.1) is 10.7 Å². The number of carbonyl (C=O) groups excluding carboxylic acids is 1. The lowest BCUT2D eigenvalue weighted by Crippen LogP contribution is -2.14. The maximum atomic E-state index is 13.4. The largest absolute Gasteiger partial charge is 0.325 e. The number of thiophene rings is 1. The molecule has 7 nitrogen and oxygen atoms in total. The number of anilines is 1. The van der Waals surface area contributed by atoms with Crippen molar-refractivity contribution in [2.75, 3.05) is 11.1 Å². The summed E-state index contributed by atoms with van der Waals surface area (Å²) in [5.74, 6) is -0.629. The molecule has 3 rings (SSSR count). The first-order valence-electron chi connectivity index (χ1n) is 7.87. The van der Waals surface area contributed by atoms with E-state index in [9.17, 15) is 19.3 Å². The van der Waals surface area contributed by atoms with Crippen LogP contribution in [0.1, 0.15) is 16.3 Å². The van der Waals surface area contributed by atoms with Gasteiger partial charge in [-0.15, -0.1) is 11.3 Å². The van der Waals surface area contributed by atoms with E-state index in [4.69, 9.17) is 0 Å². The number of aryl methyl sites for hydroxylation is 3. The number of hydrogen-bond donors (Lipinski definition) is 1. The van der Waals surface area contributed by atoms with Crippen molar-refractivity contribution in [3.05, 3.63) is 50.4 Å². The van der Waals surface area contributed by atoms with E-state index in [1.54, 1.807) is 18.3 Å². The van der Waals surface area contributed by atoms with Gasteiger partial charge < -0.3 is 5.32 Å². The summed E-state index contributed by atoms with van der Waals surface area (Å²) in [6, 6.07) is 3.23. The van der Waals surface area contributed by atoms with Crippen molar-refractivity contribution < 1.29 is 14.1 Å². The van der Waals surface area contributed by atoms with E-state index in [-0.39, 0.29) is 17.3 Å². The lowest BCUT2D eigenvalue weighted by Gasteiger charge is -2.07. The Labute approximate surface area is 162 Å². The number of hydrogen-bond acceptors (Lipinski definition) is 7. The fraction of sp³-hybridized carbons (Fsp3) is 0.235. The van der Waals surface area contributed by atoms with Crippen molar-refractivity contribution in [2.45, 2.75) is 25.8 Å². The Morgan fingerprint density at radius 1 is 1.33 bits per heavy atom. The van der Waals surface area contributed by atoms with E-state index in [0.29, 0.717) is 5.82 Å². The normalized spacial score (nSPS) is 11.0. The first kappa shape index (κ1) is 19.2. The van der Waals surface area contributed by atoms with Gasteiger partial charge in [-0.2, -0.15) is 4.39 Å². The smallest absolute Gasteiger partial charge is 0.306 e. The van der Waals surface area contributed by atoms with E-state index in [0.717, 1.165) is 37.8 Å². The molecule has 0 spiro atoms. The quantitative estimate of drug-likeness (QED) is 0.292. The van der Waals surface area contributed by atoms with Crippen LogP contribution >= 0.6 is 23.1 Å². The van der Waals surface area contributed by atoms with Gasteiger partial charge >= 0.3 is 5.69 Å². The van der Waals surface area contributed by atoms with E-state index in [2.05, 4.69) is 15.3 Å². The molecule has 0 atom stereocenters. The van der Waals surface area contributed by atoms with Crippen molar-refractivity contribution in [1.29, 1.82) is 0 Å². The summed E-state index contributed by atoms with van der Waals surface area (Å²) in [7, 11) is 0. The summed E-state index contributed by atoms with van der Waals surface area (Å²) >= 11 is 2.85. The number of thioether (sulfide) groups is 1. The minimum absolute atomic E-state index is 0.0606. The standard InChI is InChI=1S/C17H15FN4O3S2/c1-8-9(2)27-17-15(8)16(19-10(3)20-17)26-7-14(23)21-11-4-5-12(18)13(6-11)22(24)25/h4-6H,7H2,1-3H3,(H,21,23). The minimum Gasteiger partial charge on any atom is -0.325 e. The Hall–Kier alpha value is -2.59. The fourth-order valence-corrected chi connectivity index (χ4v) is 4.55. The van der Waals surface area contributed by atoms with Crippen molar-refractivity contribution >= 4 is 50.6 Å². The van der Waals surface area contributed by atoms with Gasteiger partial charge in [0.15, 0.2) is 0 Å². The van der Waals surface area contributed by atoms with Gasteiger partial charge in [-0.05, 0) is 38.5 Å². The van der Waals surface area contributed by atoms with E-state index < -0.39 is 16.4 Å². The van der Waals surface area contributed by atoms with Gasteiger partial charge in [0.1, 0.15) is 15.7 Å². The van der Waals surface area contributed by atoms with E-state index >= 15 is 0 Å².